The largest absolute Gasteiger partial charge is 0.478 e. The molecule has 4 aromatic rings. The molecule has 5 rings (SSSR count). The molecule has 4 heterocycles. The predicted molar refractivity (Wildman–Crippen MR) is 137 cm³/mol. The summed E-state index contributed by atoms with van der Waals surface area (Å²) in [5.74, 6) is -1.28. The quantitative estimate of drug-likeness (QED) is 0.303. The second-order valence-corrected chi connectivity index (χ2v) is 8.64. The number of allylic oxidation sites excluding steroid dienone is 1. The molecule has 1 aromatic carbocycles. The van der Waals surface area contributed by atoms with Crippen LogP contribution in [0.1, 0.15) is 34.5 Å². The Morgan fingerprint density at radius 3 is 2.70 bits per heavy atom. The van der Waals surface area contributed by atoms with Crippen molar-refractivity contribution < 1.29 is 19.1 Å². The molecule has 0 radical (unpaired) electrons. The van der Waals surface area contributed by atoms with Gasteiger partial charge in [-0.1, -0.05) is 23.7 Å². The number of fused-ring (bicyclic) bond motifs is 1. The van der Waals surface area contributed by atoms with Gasteiger partial charge in [-0.05, 0) is 49.7 Å². The zero-order valence-electron chi connectivity index (χ0n) is 19.6. The zero-order valence-corrected chi connectivity index (χ0v) is 20.4. The van der Waals surface area contributed by atoms with E-state index in [1.165, 1.54) is 18.3 Å². The number of carbonyl (C=O) groups excluding carboxylic acids is 1. The fourth-order valence-electron chi connectivity index (χ4n) is 3.85. The number of carbonyl (C=O) groups is 2. The molecule has 0 saturated carbocycles. The normalized spacial score (nSPS) is 15.2. The lowest BCUT2D eigenvalue weighted by atomic mass is 9.95. The van der Waals surface area contributed by atoms with Gasteiger partial charge >= 0.3 is 12.0 Å². The average Bonchev–Trinajstić information content (AvgIpc) is 3.26. The van der Waals surface area contributed by atoms with E-state index < -0.39 is 17.9 Å². The molecule has 1 aliphatic rings. The molecule has 12 heteroatoms. The molecule has 1 amide bonds. The van der Waals surface area contributed by atoms with Crippen molar-refractivity contribution in [2.75, 3.05) is 10.6 Å². The number of oxazole rings is 1. The van der Waals surface area contributed by atoms with Crippen LogP contribution in [0.3, 0.4) is 0 Å². The van der Waals surface area contributed by atoms with Crippen molar-refractivity contribution in [3.63, 3.8) is 0 Å². The topological polar surface area (TPSA) is 155 Å². The highest BCUT2D eigenvalue weighted by atomic mass is 35.5. The van der Waals surface area contributed by atoms with E-state index in [2.05, 4.69) is 30.9 Å². The predicted octanol–water partition coefficient (Wildman–Crippen LogP) is 4.30. The number of nitrogens with one attached hydrogen (secondary N) is 3. The molecule has 11 nitrogen and oxygen atoms in total. The number of anilines is 2. The molecule has 3 aromatic heterocycles. The third-order valence-corrected chi connectivity index (χ3v) is 5.90. The summed E-state index contributed by atoms with van der Waals surface area (Å²) in [6, 6.07) is 11.0. The van der Waals surface area contributed by atoms with E-state index in [1.54, 1.807) is 31.3 Å². The SMILES string of the molecule is CC1=C(C(=O)Nc2cc(C(=O)O)ccn2)C(c2ccc(C)cc2Cl)N=C(Nc2nc3cccnc3o2)N1. The zero-order chi connectivity index (χ0) is 26.1. The molecule has 1 unspecified atom stereocenters. The van der Waals surface area contributed by atoms with Gasteiger partial charge in [0.1, 0.15) is 17.4 Å². The number of nitrogens with zero attached hydrogens (tertiary/aromatic N) is 4. The van der Waals surface area contributed by atoms with E-state index in [9.17, 15) is 14.7 Å². The molecule has 0 aliphatic carbocycles. The number of amides is 1. The Bertz CT molecular complexity index is 1580. The minimum absolute atomic E-state index is 0.00627. The van der Waals surface area contributed by atoms with Gasteiger partial charge in [0.25, 0.3) is 5.91 Å². The summed E-state index contributed by atoms with van der Waals surface area (Å²) in [4.78, 5) is 42.0. The van der Waals surface area contributed by atoms with E-state index in [0.717, 1.165) is 5.56 Å². The highest BCUT2D eigenvalue weighted by molar-refractivity contribution is 6.31. The van der Waals surface area contributed by atoms with Gasteiger partial charge in [-0.3, -0.25) is 10.1 Å². The van der Waals surface area contributed by atoms with E-state index in [1.807, 2.05) is 19.1 Å². The van der Waals surface area contributed by atoms with E-state index in [0.29, 0.717) is 27.5 Å². The van der Waals surface area contributed by atoms with Crippen molar-refractivity contribution in [3.05, 3.63) is 87.8 Å². The summed E-state index contributed by atoms with van der Waals surface area (Å²) in [6.07, 6.45) is 2.91. The number of rotatable bonds is 5. The molecule has 0 bridgehead atoms. The number of benzene rings is 1. The number of pyridine rings is 2. The second kappa shape index (κ2) is 9.70. The summed E-state index contributed by atoms with van der Waals surface area (Å²) < 4.78 is 5.64. The highest BCUT2D eigenvalue weighted by Gasteiger charge is 2.31. The molecule has 1 atom stereocenters. The number of carboxylic acids is 1. The summed E-state index contributed by atoms with van der Waals surface area (Å²) >= 11 is 6.58. The maximum absolute atomic E-state index is 13.4. The number of aliphatic imine (C=N–C) groups is 1. The summed E-state index contributed by atoms with van der Waals surface area (Å²) in [6.45, 7) is 3.63. The number of hydrogen-bond donors (Lipinski definition) is 4. The van der Waals surface area contributed by atoms with Crippen LogP contribution in [0, 0.1) is 6.92 Å². The molecule has 1 aliphatic heterocycles. The van der Waals surface area contributed by atoms with Crippen molar-refractivity contribution >= 4 is 52.5 Å². The average molecular weight is 518 g/mol. The minimum atomic E-state index is -1.13. The third kappa shape index (κ3) is 4.98. The van der Waals surface area contributed by atoms with Gasteiger partial charge < -0.3 is 20.2 Å². The molecular formula is C25H20ClN7O4. The van der Waals surface area contributed by atoms with Crippen molar-refractivity contribution in [1.29, 1.82) is 0 Å². The van der Waals surface area contributed by atoms with Crippen LogP contribution in [0.2, 0.25) is 5.02 Å². The Morgan fingerprint density at radius 1 is 1.11 bits per heavy atom. The van der Waals surface area contributed by atoms with Crippen LogP contribution in [0.25, 0.3) is 11.2 Å². The van der Waals surface area contributed by atoms with Crippen LogP contribution < -0.4 is 16.0 Å². The molecule has 37 heavy (non-hydrogen) atoms. The van der Waals surface area contributed by atoms with Crippen molar-refractivity contribution in [2.45, 2.75) is 19.9 Å². The Morgan fingerprint density at radius 2 is 1.95 bits per heavy atom. The lowest BCUT2D eigenvalue weighted by Crippen LogP contribution is -2.37. The lowest BCUT2D eigenvalue weighted by Gasteiger charge is -2.27. The second-order valence-electron chi connectivity index (χ2n) is 8.23. The molecule has 0 fully saturated rings. The Balaban J connectivity index is 1.50. The summed E-state index contributed by atoms with van der Waals surface area (Å²) in [5.41, 5.74) is 3.24. The number of guanidine groups is 1. The first-order chi connectivity index (χ1) is 17.8. The van der Waals surface area contributed by atoms with Gasteiger partial charge in [0.2, 0.25) is 11.7 Å². The molecule has 186 valence electrons. The first kappa shape index (κ1) is 23.9. The first-order valence-electron chi connectivity index (χ1n) is 11.1. The minimum Gasteiger partial charge on any atom is -0.478 e. The maximum atomic E-state index is 13.4. The number of hydrogen-bond acceptors (Lipinski definition) is 9. The monoisotopic (exact) mass is 517 g/mol. The lowest BCUT2D eigenvalue weighted by molar-refractivity contribution is -0.113. The van der Waals surface area contributed by atoms with Crippen LogP contribution in [-0.2, 0) is 4.79 Å². The molecule has 4 N–H and O–H groups in total. The number of aromatic nitrogens is 3. The maximum Gasteiger partial charge on any atom is 0.335 e. The van der Waals surface area contributed by atoms with Gasteiger partial charge in [-0.2, -0.15) is 4.98 Å². The van der Waals surface area contributed by atoms with Crippen molar-refractivity contribution in [2.24, 2.45) is 4.99 Å². The van der Waals surface area contributed by atoms with Gasteiger partial charge in [0, 0.05) is 28.7 Å². The van der Waals surface area contributed by atoms with Gasteiger partial charge in [0.15, 0.2) is 0 Å². The Kier molecular flexibility index (Phi) is 6.28. The Labute approximate surface area is 215 Å². The van der Waals surface area contributed by atoms with E-state index in [-0.39, 0.29) is 28.9 Å². The molecule has 0 saturated heterocycles. The molecular weight excluding hydrogens is 498 g/mol. The fraction of sp³-hybridized carbons (Fsp3) is 0.120. The van der Waals surface area contributed by atoms with Crippen LogP contribution >= 0.6 is 11.6 Å². The van der Waals surface area contributed by atoms with Crippen LogP contribution in [-0.4, -0.2) is 37.9 Å². The first-order valence-corrected chi connectivity index (χ1v) is 11.5. The highest BCUT2D eigenvalue weighted by Crippen LogP contribution is 2.36. The number of aryl methyl sites for hydroxylation is 1. The number of aromatic carboxylic acids is 1. The van der Waals surface area contributed by atoms with Crippen LogP contribution in [0.4, 0.5) is 11.8 Å². The van der Waals surface area contributed by atoms with E-state index in [4.69, 9.17) is 21.0 Å². The van der Waals surface area contributed by atoms with E-state index >= 15 is 0 Å². The van der Waals surface area contributed by atoms with Crippen molar-refractivity contribution in [1.82, 2.24) is 20.3 Å². The molecule has 0 spiro atoms. The van der Waals surface area contributed by atoms with Crippen LogP contribution in [0.15, 0.2) is 75.5 Å². The number of halogens is 1. The van der Waals surface area contributed by atoms with Crippen LogP contribution in [0.5, 0.6) is 0 Å². The fourth-order valence-corrected chi connectivity index (χ4v) is 4.19. The standard InChI is InChI=1S/C25H20ClN7O4/c1-12-5-6-15(16(26)10-12)20-19(21(34)31-18-11-14(23(35)36)7-9-27-18)13(2)29-24(32-20)33-25-30-17-4-3-8-28-22(17)37-25/h3-11,20H,1-2H3,(H,35,36)(H,27,31,34)(H2,29,30,32,33). The van der Waals surface area contributed by atoms with Crippen molar-refractivity contribution in [3.8, 4) is 0 Å². The summed E-state index contributed by atoms with van der Waals surface area (Å²) in [7, 11) is 0. The number of carboxylic acid groups (broad SMARTS) is 1. The summed E-state index contributed by atoms with van der Waals surface area (Å²) in [5, 5.41) is 18.4. The van der Waals surface area contributed by atoms with Gasteiger partial charge in [0.05, 0.1) is 11.1 Å². The van der Waals surface area contributed by atoms with Gasteiger partial charge in [-0.25, -0.2) is 19.8 Å². The Hall–Kier alpha value is -4.77. The third-order valence-electron chi connectivity index (χ3n) is 5.58. The van der Waals surface area contributed by atoms with Gasteiger partial charge in [-0.15, -0.1) is 0 Å². The smallest absolute Gasteiger partial charge is 0.335 e.